The van der Waals surface area contributed by atoms with Gasteiger partial charge < -0.3 is 15.0 Å². The van der Waals surface area contributed by atoms with Gasteiger partial charge in [0.2, 0.25) is 0 Å². The average molecular weight is 246 g/mol. The van der Waals surface area contributed by atoms with E-state index in [9.17, 15) is 4.79 Å². The molecule has 2 aromatic heterocycles. The Labute approximate surface area is 104 Å². The van der Waals surface area contributed by atoms with E-state index >= 15 is 0 Å². The van der Waals surface area contributed by atoms with E-state index in [1.54, 1.807) is 15.6 Å². The quantitative estimate of drug-likeness (QED) is 0.822. The van der Waals surface area contributed by atoms with E-state index in [0.29, 0.717) is 26.3 Å². The van der Waals surface area contributed by atoms with Gasteiger partial charge in [0.05, 0.1) is 18.7 Å². The van der Waals surface area contributed by atoms with Crippen LogP contribution in [0.1, 0.15) is 0 Å². The number of carbonyl (C=O) groups is 1. The van der Waals surface area contributed by atoms with Crippen molar-refractivity contribution in [1.29, 1.82) is 0 Å². The number of hydrogen-bond acceptors (Lipinski definition) is 3. The van der Waals surface area contributed by atoms with E-state index in [0.717, 1.165) is 11.2 Å². The highest BCUT2D eigenvalue weighted by Gasteiger charge is 2.16. The molecule has 0 radical (unpaired) electrons. The predicted octanol–water partition coefficient (Wildman–Crippen LogP) is 1.20. The van der Waals surface area contributed by atoms with Crippen molar-refractivity contribution in [2.75, 3.05) is 31.6 Å². The second-order valence-corrected chi connectivity index (χ2v) is 4.15. The fourth-order valence-electron chi connectivity index (χ4n) is 1.97. The minimum absolute atomic E-state index is 0.0813. The lowest BCUT2D eigenvalue weighted by Gasteiger charge is -2.26. The molecule has 3 heterocycles. The van der Waals surface area contributed by atoms with Gasteiger partial charge in [-0.15, -0.1) is 0 Å². The van der Waals surface area contributed by atoms with Gasteiger partial charge in [0, 0.05) is 31.2 Å². The number of amides is 2. The van der Waals surface area contributed by atoms with Crippen molar-refractivity contribution in [2.24, 2.45) is 0 Å². The standard InChI is InChI=1S/C12H14N4O2/c17-12(15-5-7-18-8-6-15)14-10-2-4-16-11(9-10)1-3-13-16/h1-4,9H,5-8H2,(H,14,17). The average Bonchev–Trinajstić information content (AvgIpc) is 2.87. The molecule has 1 N–H and O–H groups in total. The molecule has 94 valence electrons. The van der Waals surface area contributed by atoms with Gasteiger partial charge in [-0.3, -0.25) is 0 Å². The Morgan fingerprint density at radius 1 is 1.33 bits per heavy atom. The van der Waals surface area contributed by atoms with Crippen molar-refractivity contribution in [3.8, 4) is 0 Å². The van der Waals surface area contributed by atoms with Crippen molar-refractivity contribution in [1.82, 2.24) is 14.5 Å². The topological polar surface area (TPSA) is 58.9 Å². The highest BCUT2D eigenvalue weighted by atomic mass is 16.5. The van der Waals surface area contributed by atoms with Gasteiger partial charge in [0.25, 0.3) is 0 Å². The molecule has 3 rings (SSSR count). The molecule has 6 nitrogen and oxygen atoms in total. The van der Waals surface area contributed by atoms with Gasteiger partial charge >= 0.3 is 6.03 Å². The monoisotopic (exact) mass is 246 g/mol. The van der Waals surface area contributed by atoms with Crippen molar-refractivity contribution in [3.05, 3.63) is 30.6 Å². The number of rotatable bonds is 1. The first-order valence-electron chi connectivity index (χ1n) is 5.90. The van der Waals surface area contributed by atoms with E-state index in [-0.39, 0.29) is 6.03 Å². The molecule has 1 aliphatic rings. The molecule has 6 heteroatoms. The highest BCUT2D eigenvalue weighted by molar-refractivity contribution is 5.90. The fraction of sp³-hybridized carbons (Fsp3) is 0.333. The van der Waals surface area contributed by atoms with Crippen LogP contribution in [0.5, 0.6) is 0 Å². The lowest BCUT2D eigenvalue weighted by atomic mass is 10.3. The summed E-state index contributed by atoms with van der Waals surface area (Å²) in [4.78, 5) is 13.7. The number of hydrogen-bond donors (Lipinski definition) is 1. The molecule has 0 saturated carbocycles. The number of pyridine rings is 1. The van der Waals surface area contributed by atoms with Crippen molar-refractivity contribution >= 4 is 17.2 Å². The zero-order chi connectivity index (χ0) is 12.4. The van der Waals surface area contributed by atoms with Crippen LogP contribution in [-0.2, 0) is 4.74 Å². The van der Waals surface area contributed by atoms with Gasteiger partial charge in [-0.25, -0.2) is 9.31 Å². The van der Waals surface area contributed by atoms with Crippen LogP contribution >= 0.6 is 0 Å². The van der Waals surface area contributed by atoms with E-state index in [4.69, 9.17) is 4.74 Å². The molecule has 0 spiro atoms. The first-order valence-corrected chi connectivity index (χ1v) is 5.90. The SMILES string of the molecule is O=C(Nc1ccn2nccc2c1)N1CCOCC1. The molecular weight excluding hydrogens is 232 g/mol. The summed E-state index contributed by atoms with van der Waals surface area (Å²) in [6.45, 7) is 2.49. The number of ether oxygens (including phenoxy) is 1. The van der Waals surface area contributed by atoms with Crippen molar-refractivity contribution in [3.63, 3.8) is 0 Å². The number of fused-ring (bicyclic) bond motifs is 1. The first kappa shape index (κ1) is 11.0. The van der Waals surface area contributed by atoms with Gasteiger partial charge in [-0.2, -0.15) is 5.10 Å². The maximum Gasteiger partial charge on any atom is 0.322 e. The summed E-state index contributed by atoms with van der Waals surface area (Å²) in [6.07, 6.45) is 3.55. The van der Waals surface area contributed by atoms with Crippen LogP contribution in [-0.4, -0.2) is 46.8 Å². The Balaban J connectivity index is 1.72. The summed E-state index contributed by atoms with van der Waals surface area (Å²) in [5, 5.41) is 6.99. The molecule has 1 fully saturated rings. The van der Waals surface area contributed by atoms with Crippen molar-refractivity contribution in [2.45, 2.75) is 0 Å². The van der Waals surface area contributed by atoms with E-state index in [1.807, 2.05) is 24.4 Å². The van der Waals surface area contributed by atoms with Crippen LogP contribution in [0.25, 0.3) is 5.52 Å². The Bertz CT molecular complexity index is 560. The first-order chi connectivity index (χ1) is 8.83. The largest absolute Gasteiger partial charge is 0.378 e. The van der Waals surface area contributed by atoms with E-state index in [2.05, 4.69) is 10.4 Å². The molecular formula is C12H14N4O2. The van der Waals surface area contributed by atoms with E-state index < -0.39 is 0 Å². The van der Waals surface area contributed by atoms with Gasteiger partial charge in [-0.1, -0.05) is 0 Å². The summed E-state index contributed by atoms with van der Waals surface area (Å²) in [7, 11) is 0. The molecule has 2 aromatic rings. The summed E-state index contributed by atoms with van der Waals surface area (Å²) in [5.41, 5.74) is 1.73. The Morgan fingerprint density at radius 2 is 2.17 bits per heavy atom. The highest BCUT2D eigenvalue weighted by Crippen LogP contribution is 2.12. The molecule has 1 aliphatic heterocycles. The number of aromatic nitrogens is 2. The number of urea groups is 1. The third-order valence-electron chi connectivity index (χ3n) is 2.95. The van der Waals surface area contributed by atoms with Crippen LogP contribution in [0.15, 0.2) is 30.6 Å². The zero-order valence-corrected chi connectivity index (χ0v) is 9.87. The molecule has 0 aromatic carbocycles. The lowest BCUT2D eigenvalue weighted by Crippen LogP contribution is -2.43. The molecule has 0 aliphatic carbocycles. The molecule has 0 bridgehead atoms. The molecule has 18 heavy (non-hydrogen) atoms. The Hall–Kier alpha value is -2.08. The zero-order valence-electron chi connectivity index (χ0n) is 9.87. The van der Waals surface area contributed by atoms with Crippen LogP contribution < -0.4 is 5.32 Å². The molecule has 2 amide bonds. The second-order valence-electron chi connectivity index (χ2n) is 4.15. The Morgan fingerprint density at radius 3 is 3.00 bits per heavy atom. The predicted molar refractivity (Wildman–Crippen MR) is 66.6 cm³/mol. The van der Waals surface area contributed by atoms with Crippen LogP contribution in [0, 0.1) is 0 Å². The number of anilines is 1. The third kappa shape index (κ3) is 2.14. The minimum atomic E-state index is -0.0813. The van der Waals surface area contributed by atoms with E-state index in [1.165, 1.54) is 0 Å². The summed E-state index contributed by atoms with van der Waals surface area (Å²) >= 11 is 0. The summed E-state index contributed by atoms with van der Waals surface area (Å²) in [5.74, 6) is 0. The number of morpholine rings is 1. The minimum Gasteiger partial charge on any atom is -0.378 e. The van der Waals surface area contributed by atoms with Crippen molar-refractivity contribution < 1.29 is 9.53 Å². The second kappa shape index (κ2) is 4.66. The maximum absolute atomic E-state index is 12.0. The lowest BCUT2D eigenvalue weighted by molar-refractivity contribution is 0.0564. The van der Waals surface area contributed by atoms with Crippen LogP contribution in [0.2, 0.25) is 0 Å². The van der Waals surface area contributed by atoms with Gasteiger partial charge in [0.1, 0.15) is 0 Å². The maximum atomic E-state index is 12.0. The summed E-state index contributed by atoms with van der Waals surface area (Å²) < 4.78 is 6.97. The normalized spacial score (nSPS) is 15.9. The Kier molecular flexibility index (Phi) is 2.85. The van der Waals surface area contributed by atoms with Gasteiger partial charge in [0.15, 0.2) is 0 Å². The summed E-state index contributed by atoms with van der Waals surface area (Å²) in [6, 6.07) is 5.54. The number of carbonyl (C=O) groups excluding carboxylic acids is 1. The smallest absolute Gasteiger partial charge is 0.322 e. The molecule has 0 atom stereocenters. The fourth-order valence-corrected chi connectivity index (χ4v) is 1.97. The van der Waals surface area contributed by atoms with Gasteiger partial charge in [-0.05, 0) is 18.2 Å². The third-order valence-corrected chi connectivity index (χ3v) is 2.95. The van der Waals surface area contributed by atoms with Crippen LogP contribution in [0.3, 0.4) is 0 Å². The molecule has 1 saturated heterocycles. The number of nitrogens with one attached hydrogen (secondary N) is 1. The van der Waals surface area contributed by atoms with Crippen LogP contribution in [0.4, 0.5) is 10.5 Å². The molecule has 0 unspecified atom stereocenters. The number of nitrogens with zero attached hydrogens (tertiary/aromatic N) is 3.